The number of nitrogens with two attached hydrogens (primary N) is 1. The average Bonchev–Trinajstić information content (AvgIpc) is 2.52. The van der Waals surface area contributed by atoms with Gasteiger partial charge in [-0.15, -0.1) is 0 Å². The molecule has 0 amide bonds. The Bertz CT molecular complexity index is 204. The van der Waals surface area contributed by atoms with Gasteiger partial charge in [-0.1, -0.05) is 0 Å². The second-order valence-corrected chi connectivity index (χ2v) is 4.14. The number of ether oxygens (including phenoxy) is 1. The molecule has 0 spiro atoms. The highest BCUT2D eigenvalue weighted by Crippen LogP contribution is 2.15. The van der Waals surface area contributed by atoms with Crippen LogP contribution in [0.3, 0.4) is 0 Å². The fraction of sp³-hybridized carbons (Fsp3) is 0.900. The van der Waals surface area contributed by atoms with Crippen LogP contribution >= 0.6 is 0 Å². The third-order valence-electron chi connectivity index (χ3n) is 2.40. The van der Waals surface area contributed by atoms with Gasteiger partial charge in [0.05, 0.1) is 6.61 Å². The molecule has 1 unspecified atom stereocenters. The lowest BCUT2D eigenvalue weighted by molar-refractivity contribution is 0.157. The first kappa shape index (κ1) is 11.3. The smallest absolute Gasteiger partial charge is 0.191 e. The maximum absolute atomic E-state index is 5.87. The number of hydrogen-bond acceptors (Lipinski definition) is 2. The lowest BCUT2D eigenvalue weighted by atomic mass is 10.1. The van der Waals surface area contributed by atoms with Gasteiger partial charge in [0.2, 0.25) is 0 Å². The van der Waals surface area contributed by atoms with Crippen LogP contribution in [0, 0.1) is 5.92 Å². The zero-order chi connectivity index (χ0) is 10.6. The summed E-state index contributed by atoms with van der Waals surface area (Å²) < 4.78 is 5.13. The Morgan fingerprint density at radius 2 is 2.36 bits per heavy atom. The maximum Gasteiger partial charge on any atom is 0.191 e. The zero-order valence-corrected chi connectivity index (χ0v) is 9.36. The number of nitrogens with zero attached hydrogens (tertiary/aromatic N) is 2. The Morgan fingerprint density at radius 3 is 2.93 bits per heavy atom. The van der Waals surface area contributed by atoms with E-state index in [9.17, 15) is 0 Å². The van der Waals surface area contributed by atoms with Gasteiger partial charge in [0, 0.05) is 32.2 Å². The van der Waals surface area contributed by atoms with E-state index in [2.05, 4.69) is 9.89 Å². The van der Waals surface area contributed by atoms with Gasteiger partial charge >= 0.3 is 0 Å². The van der Waals surface area contributed by atoms with E-state index in [1.807, 2.05) is 13.8 Å². The molecule has 1 fully saturated rings. The van der Waals surface area contributed by atoms with Crippen LogP contribution in [0.2, 0.25) is 0 Å². The van der Waals surface area contributed by atoms with E-state index in [1.54, 1.807) is 7.11 Å². The third kappa shape index (κ3) is 3.18. The van der Waals surface area contributed by atoms with Crippen molar-refractivity contribution >= 4 is 5.96 Å². The lowest BCUT2D eigenvalue weighted by Gasteiger charge is -2.17. The van der Waals surface area contributed by atoms with Gasteiger partial charge in [0.25, 0.3) is 0 Å². The topological polar surface area (TPSA) is 50.9 Å². The predicted octanol–water partition coefficient (Wildman–Crippen LogP) is 0.678. The van der Waals surface area contributed by atoms with E-state index in [1.165, 1.54) is 0 Å². The van der Waals surface area contributed by atoms with E-state index in [0.717, 1.165) is 26.1 Å². The predicted molar refractivity (Wildman–Crippen MR) is 58.3 cm³/mol. The molecule has 0 saturated carbocycles. The minimum Gasteiger partial charge on any atom is -0.384 e. The fourth-order valence-corrected chi connectivity index (χ4v) is 1.76. The van der Waals surface area contributed by atoms with E-state index in [0.29, 0.717) is 11.9 Å². The first-order chi connectivity index (χ1) is 6.63. The minimum absolute atomic E-state index is 0.275. The maximum atomic E-state index is 5.87. The van der Waals surface area contributed by atoms with Crippen LogP contribution < -0.4 is 5.73 Å². The number of guanidine groups is 1. The molecule has 0 aromatic carbocycles. The molecule has 2 N–H and O–H groups in total. The Labute approximate surface area is 86.1 Å². The molecule has 14 heavy (non-hydrogen) atoms. The number of aliphatic imine (C=N–C) groups is 1. The van der Waals surface area contributed by atoms with Crippen molar-refractivity contribution < 1.29 is 4.74 Å². The van der Waals surface area contributed by atoms with Gasteiger partial charge in [0.15, 0.2) is 5.96 Å². The van der Waals surface area contributed by atoms with Crippen LogP contribution in [-0.2, 0) is 4.74 Å². The Balaban J connectivity index is 2.41. The molecule has 1 atom stereocenters. The van der Waals surface area contributed by atoms with Crippen molar-refractivity contribution in [3.63, 3.8) is 0 Å². The summed E-state index contributed by atoms with van der Waals surface area (Å²) >= 11 is 0. The van der Waals surface area contributed by atoms with Gasteiger partial charge in [-0.3, -0.25) is 4.99 Å². The molecule has 0 bridgehead atoms. The molecule has 0 aliphatic carbocycles. The summed E-state index contributed by atoms with van der Waals surface area (Å²) in [6.07, 6.45) is 1.15. The molecule has 1 aliphatic heterocycles. The zero-order valence-electron chi connectivity index (χ0n) is 9.36. The highest BCUT2D eigenvalue weighted by atomic mass is 16.5. The normalized spacial score (nSPS) is 23.6. The van der Waals surface area contributed by atoms with Gasteiger partial charge in [-0.25, -0.2) is 0 Å². The molecule has 0 aromatic rings. The third-order valence-corrected chi connectivity index (χ3v) is 2.40. The van der Waals surface area contributed by atoms with Crippen LogP contribution in [-0.4, -0.2) is 43.7 Å². The second-order valence-electron chi connectivity index (χ2n) is 4.14. The van der Waals surface area contributed by atoms with Crippen molar-refractivity contribution in [2.24, 2.45) is 16.6 Å². The summed E-state index contributed by atoms with van der Waals surface area (Å²) in [5, 5.41) is 0. The summed E-state index contributed by atoms with van der Waals surface area (Å²) in [6.45, 7) is 6.89. The number of hydrogen-bond donors (Lipinski definition) is 1. The number of rotatable bonds is 3. The largest absolute Gasteiger partial charge is 0.384 e. The van der Waals surface area contributed by atoms with Crippen LogP contribution in [0.1, 0.15) is 20.3 Å². The Morgan fingerprint density at radius 1 is 1.64 bits per heavy atom. The van der Waals surface area contributed by atoms with Crippen molar-refractivity contribution in [1.29, 1.82) is 0 Å². The Kier molecular flexibility index (Phi) is 4.20. The van der Waals surface area contributed by atoms with Crippen molar-refractivity contribution in [2.45, 2.75) is 26.3 Å². The molecular formula is C10H21N3O. The highest BCUT2D eigenvalue weighted by molar-refractivity contribution is 5.78. The standard InChI is InChI=1S/C10H21N3O/c1-8(2)12-10(11)13-5-4-9(6-13)7-14-3/h8-9H,4-7H2,1-3H3,(H2,11,12). The second kappa shape index (κ2) is 5.20. The summed E-state index contributed by atoms with van der Waals surface area (Å²) in [4.78, 5) is 6.48. The van der Waals surface area contributed by atoms with Crippen molar-refractivity contribution in [2.75, 3.05) is 26.8 Å². The van der Waals surface area contributed by atoms with Crippen molar-refractivity contribution in [1.82, 2.24) is 4.90 Å². The highest BCUT2D eigenvalue weighted by Gasteiger charge is 2.23. The molecule has 1 heterocycles. The van der Waals surface area contributed by atoms with Gasteiger partial charge < -0.3 is 15.4 Å². The summed E-state index contributed by atoms with van der Waals surface area (Å²) in [5.41, 5.74) is 5.87. The molecule has 1 saturated heterocycles. The summed E-state index contributed by atoms with van der Waals surface area (Å²) in [7, 11) is 1.74. The molecule has 4 heteroatoms. The number of likely N-dealkylation sites (tertiary alicyclic amines) is 1. The molecule has 0 aromatic heterocycles. The molecule has 4 nitrogen and oxygen atoms in total. The quantitative estimate of drug-likeness (QED) is 0.537. The molecular weight excluding hydrogens is 178 g/mol. The SMILES string of the molecule is COCC1CCN(C(N)=NC(C)C)C1. The first-order valence-corrected chi connectivity index (χ1v) is 5.20. The van der Waals surface area contributed by atoms with Gasteiger partial charge in [0.1, 0.15) is 0 Å². The van der Waals surface area contributed by atoms with Crippen molar-refractivity contribution in [3.8, 4) is 0 Å². The Hall–Kier alpha value is -0.770. The molecule has 1 rings (SSSR count). The lowest BCUT2D eigenvalue weighted by Crippen LogP contribution is -2.36. The van der Waals surface area contributed by atoms with Gasteiger partial charge in [-0.2, -0.15) is 0 Å². The molecule has 82 valence electrons. The summed E-state index contributed by atoms with van der Waals surface area (Å²) in [5.74, 6) is 1.29. The van der Waals surface area contributed by atoms with E-state index < -0.39 is 0 Å². The fourth-order valence-electron chi connectivity index (χ4n) is 1.76. The average molecular weight is 199 g/mol. The number of methoxy groups -OCH3 is 1. The molecule has 0 radical (unpaired) electrons. The molecule has 1 aliphatic rings. The monoisotopic (exact) mass is 199 g/mol. The van der Waals surface area contributed by atoms with E-state index in [4.69, 9.17) is 10.5 Å². The van der Waals surface area contributed by atoms with Crippen LogP contribution in [0.15, 0.2) is 4.99 Å². The summed E-state index contributed by atoms with van der Waals surface area (Å²) in [6, 6.07) is 0.275. The van der Waals surface area contributed by atoms with Crippen LogP contribution in [0.4, 0.5) is 0 Å². The van der Waals surface area contributed by atoms with Crippen molar-refractivity contribution in [3.05, 3.63) is 0 Å². The van der Waals surface area contributed by atoms with E-state index in [-0.39, 0.29) is 6.04 Å². The first-order valence-electron chi connectivity index (χ1n) is 5.20. The van der Waals surface area contributed by atoms with Gasteiger partial charge in [-0.05, 0) is 20.3 Å². The van der Waals surface area contributed by atoms with E-state index >= 15 is 0 Å². The minimum atomic E-state index is 0.275. The van der Waals surface area contributed by atoms with Crippen LogP contribution in [0.25, 0.3) is 0 Å². The van der Waals surface area contributed by atoms with Crippen LogP contribution in [0.5, 0.6) is 0 Å².